The number of hydrogen-bond donors (Lipinski definition) is 1. The van der Waals surface area contributed by atoms with E-state index in [4.69, 9.17) is 9.47 Å². The van der Waals surface area contributed by atoms with Crippen LogP contribution in [0.1, 0.15) is 38.1 Å². The van der Waals surface area contributed by atoms with Crippen LogP contribution in [0.5, 0.6) is 5.75 Å². The van der Waals surface area contributed by atoms with E-state index in [0.717, 1.165) is 0 Å². The number of ether oxygens (including phenoxy) is 2. The molecule has 0 fully saturated rings. The topological polar surface area (TPSA) is 102 Å². The van der Waals surface area contributed by atoms with E-state index < -0.39 is 21.6 Å². The lowest BCUT2D eigenvalue weighted by Gasteiger charge is -2.39. The number of anilines is 2. The Kier molecular flexibility index (Phi) is 5.76. The number of rotatable bonds is 5. The second-order valence-electron chi connectivity index (χ2n) is 7.50. The Bertz CT molecular complexity index is 1080. The number of benzene rings is 2. The highest BCUT2D eigenvalue weighted by Crippen LogP contribution is 2.38. The van der Waals surface area contributed by atoms with Crippen molar-refractivity contribution in [3.63, 3.8) is 0 Å². The molecule has 0 radical (unpaired) electrons. The molecule has 0 aliphatic carbocycles. The van der Waals surface area contributed by atoms with Crippen LogP contribution in [-0.4, -0.2) is 39.0 Å². The van der Waals surface area contributed by atoms with Gasteiger partial charge in [0.15, 0.2) is 0 Å². The van der Waals surface area contributed by atoms with Gasteiger partial charge in [-0.25, -0.2) is 13.2 Å². The van der Waals surface area contributed by atoms with Crippen LogP contribution in [0, 0.1) is 0 Å². The SMILES string of the molecule is CCOC(=O)c1ccc(NS(=O)(=O)c2ccc3c(c2)N(C(C)=O)CC(C)(C)O3)cc1. The standard InChI is InChI=1S/C21H24N2O6S/c1-5-28-20(25)15-6-8-16(9-7-15)22-30(26,27)17-10-11-19-18(12-17)23(14(2)24)13-21(3,4)29-19/h6-12,22H,5,13H2,1-4H3. The Morgan fingerprint density at radius 1 is 1.17 bits per heavy atom. The first kappa shape index (κ1) is 21.6. The summed E-state index contributed by atoms with van der Waals surface area (Å²) in [4.78, 5) is 25.3. The van der Waals surface area contributed by atoms with Gasteiger partial charge in [0, 0.05) is 12.6 Å². The van der Waals surface area contributed by atoms with Crippen molar-refractivity contribution in [2.75, 3.05) is 22.8 Å². The summed E-state index contributed by atoms with van der Waals surface area (Å²) in [6.07, 6.45) is 0. The lowest BCUT2D eigenvalue weighted by atomic mass is 10.1. The molecule has 2 aromatic rings. The zero-order valence-corrected chi connectivity index (χ0v) is 18.1. The first-order chi connectivity index (χ1) is 14.0. The molecule has 0 atom stereocenters. The Balaban J connectivity index is 1.88. The number of carbonyl (C=O) groups is 2. The Morgan fingerprint density at radius 2 is 1.83 bits per heavy atom. The summed E-state index contributed by atoms with van der Waals surface area (Å²) in [5, 5.41) is 0. The predicted molar refractivity (Wildman–Crippen MR) is 112 cm³/mol. The van der Waals surface area contributed by atoms with E-state index in [2.05, 4.69) is 4.72 Å². The molecule has 1 aliphatic heterocycles. The van der Waals surface area contributed by atoms with Crippen LogP contribution in [0.2, 0.25) is 0 Å². The van der Waals surface area contributed by atoms with Crippen LogP contribution in [-0.2, 0) is 19.6 Å². The molecule has 1 aliphatic rings. The molecule has 9 heteroatoms. The number of fused-ring (bicyclic) bond motifs is 1. The van der Waals surface area contributed by atoms with E-state index in [9.17, 15) is 18.0 Å². The molecule has 1 N–H and O–H groups in total. The minimum atomic E-state index is -3.93. The Morgan fingerprint density at radius 3 is 2.43 bits per heavy atom. The summed E-state index contributed by atoms with van der Waals surface area (Å²) in [5.41, 5.74) is 0.437. The van der Waals surface area contributed by atoms with Gasteiger partial charge in [0.25, 0.3) is 10.0 Å². The third-order valence-corrected chi connectivity index (χ3v) is 5.86. The van der Waals surface area contributed by atoms with Crippen LogP contribution >= 0.6 is 0 Å². The summed E-state index contributed by atoms with van der Waals surface area (Å²) >= 11 is 0. The number of amides is 1. The second kappa shape index (κ2) is 7.98. The van der Waals surface area contributed by atoms with Gasteiger partial charge < -0.3 is 14.4 Å². The van der Waals surface area contributed by atoms with E-state index in [-0.39, 0.29) is 17.4 Å². The fraction of sp³-hybridized carbons (Fsp3) is 0.333. The quantitative estimate of drug-likeness (QED) is 0.728. The van der Waals surface area contributed by atoms with Gasteiger partial charge in [-0.15, -0.1) is 0 Å². The van der Waals surface area contributed by atoms with E-state index in [1.807, 2.05) is 13.8 Å². The number of nitrogens with one attached hydrogen (secondary N) is 1. The molecular formula is C21H24N2O6S. The maximum absolute atomic E-state index is 12.9. The van der Waals surface area contributed by atoms with Gasteiger partial charge in [-0.3, -0.25) is 9.52 Å². The number of hydrogen-bond acceptors (Lipinski definition) is 6. The number of nitrogens with zero attached hydrogens (tertiary/aromatic N) is 1. The van der Waals surface area contributed by atoms with Crippen molar-refractivity contribution < 1.29 is 27.5 Å². The van der Waals surface area contributed by atoms with Crippen molar-refractivity contribution >= 4 is 33.3 Å². The minimum Gasteiger partial charge on any atom is -0.484 e. The molecule has 2 aromatic carbocycles. The van der Waals surface area contributed by atoms with Crippen LogP contribution in [0.4, 0.5) is 11.4 Å². The molecule has 0 aromatic heterocycles. The van der Waals surface area contributed by atoms with Gasteiger partial charge in [0.1, 0.15) is 11.4 Å². The third kappa shape index (κ3) is 4.56. The molecule has 0 unspecified atom stereocenters. The third-order valence-electron chi connectivity index (χ3n) is 4.49. The van der Waals surface area contributed by atoms with Gasteiger partial charge in [-0.2, -0.15) is 0 Å². The number of esters is 1. The monoisotopic (exact) mass is 432 g/mol. The summed E-state index contributed by atoms with van der Waals surface area (Å²) in [5.74, 6) is -0.238. The largest absolute Gasteiger partial charge is 0.484 e. The summed E-state index contributed by atoms with van der Waals surface area (Å²) < 4.78 is 39.0. The average Bonchev–Trinajstić information content (AvgIpc) is 2.66. The molecule has 1 heterocycles. The average molecular weight is 432 g/mol. The minimum absolute atomic E-state index is 0.00900. The van der Waals surface area contributed by atoms with E-state index >= 15 is 0 Å². The molecule has 0 bridgehead atoms. The number of sulfonamides is 1. The van der Waals surface area contributed by atoms with Gasteiger partial charge in [0.05, 0.1) is 29.3 Å². The van der Waals surface area contributed by atoms with Gasteiger partial charge in [0.2, 0.25) is 5.91 Å². The molecule has 8 nitrogen and oxygen atoms in total. The fourth-order valence-corrected chi connectivity index (χ4v) is 4.22. The maximum atomic E-state index is 12.9. The van der Waals surface area contributed by atoms with E-state index in [1.54, 1.807) is 13.0 Å². The van der Waals surface area contributed by atoms with Gasteiger partial charge >= 0.3 is 5.97 Å². The Labute approximate surface area is 175 Å². The van der Waals surface area contributed by atoms with E-state index in [1.165, 1.54) is 48.2 Å². The van der Waals surface area contributed by atoms with Crippen LogP contribution in [0.25, 0.3) is 0 Å². The van der Waals surface area contributed by atoms with Crippen molar-refractivity contribution in [1.82, 2.24) is 0 Å². The molecule has 0 saturated heterocycles. The van der Waals surface area contributed by atoms with E-state index in [0.29, 0.717) is 29.2 Å². The highest BCUT2D eigenvalue weighted by atomic mass is 32.2. The normalized spacial score (nSPS) is 15.0. The fourth-order valence-electron chi connectivity index (χ4n) is 3.14. The first-order valence-electron chi connectivity index (χ1n) is 9.43. The van der Waals surface area contributed by atoms with Gasteiger partial charge in [-0.05, 0) is 63.2 Å². The molecular weight excluding hydrogens is 408 g/mol. The lowest BCUT2D eigenvalue weighted by Crippen LogP contribution is -2.48. The van der Waals surface area contributed by atoms with Gasteiger partial charge in [-0.1, -0.05) is 0 Å². The van der Waals surface area contributed by atoms with Crippen molar-refractivity contribution in [2.45, 2.75) is 38.2 Å². The zero-order chi connectivity index (χ0) is 22.1. The smallest absolute Gasteiger partial charge is 0.338 e. The van der Waals surface area contributed by atoms with Crippen LogP contribution < -0.4 is 14.4 Å². The molecule has 30 heavy (non-hydrogen) atoms. The zero-order valence-electron chi connectivity index (χ0n) is 17.3. The molecule has 160 valence electrons. The molecule has 3 rings (SSSR count). The van der Waals surface area contributed by atoms with Crippen molar-refractivity contribution in [3.05, 3.63) is 48.0 Å². The highest BCUT2D eigenvalue weighted by Gasteiger charge is 2.34. The summed E-state index contributed by atoms with van der Waals surface area (Å²) in [7, 11) is -3.93. The molecule has 0 saturated carbocycles. The lowest BCUT2D eigenvalue weighted by molar-refractivity contribution is -0.117. The molecule has 0 spiro atoms. The van der Waals surface area contributed by atoms with Crippen molar-refractivity contribution in [2.24, 2.45) is 0 Å². The van der Waals surface area contributed by atoms with Crippen LogP contribution in [0.3, 0.4) is 0 Å². The first-order valence-corrected chi connectivity index (χ1v) is 10.9. The summed E-state index contributed by atoms with van der Waals surface area (Å²) in [6, 6.07) is 10.3. The summed E-state index contributed by atoms with van der Waals surface area (Å²) in [6.45, 7) is 7.41. The number of carbonyl (C=O) groups excluding carboxylic acids is 2. The van der Waals surface area contributed by atoms with Crippen LogP contribution in [0.15, 0.2) is 47.4 Å². The second-order valence-corrected chi connectivity index (χ2v) is 9.18. The van der Waals surface area contributed by atoms with Crippen molar-refractivity contribution in [1.29, 1.82) is 0 Å². The Hall–Kier alpha value is -3.07. The predicted octanol–water partition coefficient (Wildman–Crippen LogP) is 3.19. The maximum Gasteiger partial charge on any atom is 0.338 e. The molecule has 1 amide bonds. The van der Waals surface area contributed by atoms with Crippen molar-refractivity contribution in [3.8, 4) is 5.75 Å². The highest BCUT2D eigenvalue weighted by molar-refractivity contribution is 7.92.